The molecule has 42 nitrogen and oxygen atoms in total. The van der Waals surface area contributed by atoms with Crippen molar-refractivity contribution in [1.29, 1.82) is 0 Å². The zero-order valence-electron chi connectivity index (χ0n) is 70.1. The first kappa shape index (κ1) is 105. The molecule has 2 heterocycles. The van der Waals surface area contributed by atoms with E-state index in [2.05, 4.69) is 63.7 Å². The summed E-state index contributed by atoms with van der Waals surface area (Å²) in [5, 5.41) is 90.5. The van der Waals surface area contributed by atoms with Gasteiger partial charge in [-0.25, -0.2) is 39.2 Å². The summed E-state index contributed by atoms with van der Waals surface area (Å²) in [6, 6.07) is -1.16. The molecule has 686 valence electrons. The summed E-state index contributed by atoms with van der Waals surface area (Å²) in [5.74, 6) is -17.9. The smallest absolute Gasteiger partial charge is 0.426 e. The second kappa shape index (κ2) is 54.8. The molecule has 0 spiro atoms. The number of rotatable bonds is 55. The van der Waals surface area contributed by atoms with Crippen LogP contribution in [0.25, 0.3) is 0 Å². The third-order valence-corrected chi connectivity index (χ3v) is 22.9. The number of carbonyl (C=O) groups excluding carboxylic acids is 12. The number of esters is 2. The number of carboxylic acid groups (broad SMARTS) is 6. The first-order valence-corrected chi connectivity index (χ1v) is 43.6. The number of aliphatic carboxylic acids is 6. The van der Waals surface area contributed by atoms with Gasteiger partial charge in [-0.1, -0.05) is 112 Å². The lowest BCUT2D eigenvalue weighted by Gasteiger charge is -2.39. The lowest BCUT2D eigenvalue weighted by Crippen LogP contribution is -2.59. The zero-order valence-corrected chi connectivity index (χ0v) is 72.6. The highest BCUT2D eigenvalue weighted by molar-refractivity contribution is 8.76. The van der Waals surface area contributed by atoms with Crippen molar-refractivity contribution in [3.8, 4) is 5.75 Å². The highest BCUT2D eigenvalue weighted by Crippen LogP contribution is 2.33. The Morgan fingerprint density at radius 3 is 1.81 bits per heavy atom. The van der Waals surface area contributed by atoms with E-state index < -0.39 is 194 Å². The minimum atomic E-state index is -2.00. The number of likely N-dealkylation sites (N-methyl/N-ethyl adjacent to an activating group) is 1. The molecule has 12 atom stereocenters. The minimum absolute atomic E-state index is 0.00307. The maximum absolute atomic E-state index is 15.0. The summed E-state index contributed by atoms with van der Waals surface area (Å²) in [6.45, 7) is 11.9. The number of thiazole rings is 1. The van der Waals surface area contributed by atoms with Gasteiger partial charge in [-0.05, 0) is 118 Å². The predicted molar refractivity (Wildman–Crippen MR) is 447 cm³/mol. The van der Waals surface area contributed by atoms with Crippen LogP contribution in [0.4, 0.5) is 14.4 Å². The number of nitrogens with zero attached hydrogens (tertiary/aromatic N) is 3. The highest BCUT2D eigenvalue weighted by atomic mass is 33.1. The maximum atomic E-state index is 15.0. The second-order valence-electron chi connectivity index (χ2n) is 29.9. The number of amides is 12. The second-order valence-corrected chi connectivity index (χ2v) is 33.4. The third-order valence-electron chi connectivity index (χ3n) is 19.6. The number of likely N-dealkylation sites (tertiary alicyclic amines) is 1. The zero-order chi connectivity index (χ0) is 92.3. The molecule has 1 saturated heterocycles. The number of carboxylic acids is 6. The van der Waals surface area contributed by atoms with Gasteiger partial charge < -0.3 is 103 Å². The van der Waals surface area contributed by atoms with E-state index in [1.807, 2.05) is 39.6 Å². The molecule has 1 aromatic heterocycles. The van der Waals surface area contributed by atoms with Crippen molar-refractivity contribution in [2.45, 2.75) is 231 Å². The standard InChI is InChI=1S/C79H114N14O28S3/c1-9-16-65(103)120-42-93(73(109)66(44(5)10-2)89-71(108)58-19-12-14-30-92(58)8)59(43(3)4)38-60(121-46(7)94)72-86-56(40-122-72)70(107)82-50(34-47-25-27-51(95)28-26-47)33-45(6)67(104)90-91-79(118)119-31-32-123-124-41-57(76(114)115)85-69(106)55(37-64(101)102)84-68(105)54(36-63(99)100)83-61(96)35-48-21-23-49(24-22-48)39-81-77(116)80-29-13-11-17-52(74(110)111)87-78(117)88-53(75(112)113)18-15-20-62(97)98/h21-28,40,43-45,50,52-55,57-60,66,95H,9-20,29-39,41-42H2,1-8H3,(H,82,107)(H,83,96)(H,84,105)(H,85,106)(H,89,108)(H,90,104)(H,91,118)(H,97,98)(H,99,100)(H,101,102)(H,110,111)(H,112,113)(H,114,115)(H2,80,81,116)(H2,87,88,117)/t44?,45-,50+,52-,53-,54-,55-,57-,58+,59+,60+,66-/m0/s1. The molecule has 2 aromatic carbocycles. The van der Waals surface area contributed by atoms with Crippen LogP contribution in [0.5, 0.6) is 5.75 Å². The number of ether oxygens (including phenoxy) is 3. The van der Waals surface area contributed by atoms with E-state index in [1.54, 1.807) is 19.1 Å². The van der Waals surface area contributed by atoms with Crippen molar-refractivity contribution in [2.24, 2.45) is 17.8 Å². The van der Waals surface area contributed by atoms with Crippen molar-refractivity contribution < 1.29 is 136 Å². The van der Waals surface area contributed by atoms with E-state index in [4.69, 9.17) is 19.3 Å². The molecule has 124 heavy (non-hydrogen) atoms. The molecular formula is C79H114N14O28S3. The third kappa shape index (κ3) is 39.3. The Morgan fingerprint density at radius 1 is 0.629 bits per heavy atom. The van der Waals surface area contributed by atoms with Crippen LogP contribution >= 0.6 is 32.9 Å². The fraction of sp³-hybridized carbons (Fsp3) is 0.582. The van der Waals surface area contributed by atoms with Crippen LogP contribution in [-0.4, -0.2) is 257 Å². The molecule has 1 aliphatic heterocycles. The number of hydrazine groups is 1. The Labute approximate surface area is 727 Å². The first-order chi connectivity index (χ1) is 58.7. The number of benzene rings is 2. The van der Waals surface area contributed by atoms with E-state index in [1.165, 1.54) is 60.5 Å². The van der Waals surface area contributed by atoms with E-state index in [0.29, 0.717) is 42.5 Å². The monoisotopic (exact) mass is 1800 g/mol. The molecule has 0 aliphatic carbocycles. The van der Waals surface area contributed by atoms with Gasteiger partial charge in [0.05, 0.1) is 25.3 Å². The summed E-state index contributed by atoms with van der Waals surface area (Å²) in [6.07, 6.45) is -1.69. The van der Waals surface area contributed by atoms with Crippen molar-refractivity contribution >= 4 is 140 Å². The Hall–Kier alpha value is -11.6. The van der Waals surface area contributed by atoms with Crippen molar-refractivity contribution in [3.63, 3.8) is 0 Å². The summed E-state index contributed by atoms with van der Waals surface area (Å²) in [7, 11) is 3.70. The summed E-state index contributed by atoms with van der Waals surface area (Å²) >= 11 is 1.00. The number of hydrogen-bond donors (Lipinski definition) is 18. The molecule has 0 bridgehead atoms. The molecular weight excluding hydrogens is 1690 g/mol. The van der Waals surface area contributed by atoms with Crippen LogP contribution < -0.4 is 58.7 Å². The lowest BCUT2D eigenvalue weighted by atomic mass is 9.92. The van der Waals surface area contributed by atoms with Crippen LogP contribution in [-0.2, 0) is 101 Å². The predicted octanol–water partition coefficient (Wildman–Crippen LogP) is 3.68. The van der Waals surface area contributed by atoms with Crippen molar-refractivity contribution in [1.82, 2.24) is 73.5 Å². The molecule has 1 fully saturated rings. The van der Waals surface area contributed by atoms with Gasteiger partial charge in [-0.15, -0.1) is 11.3 Å². The molecule has 12 amide bonds. The summed E-state index contributed by atoms with van der Waals surface area (Å²) in [4.78, 5) is 238. The number of piperidine rings is 1. The topological polar surface area (TPSA) is 628 Å². The number of unbranched alkanes of at least 4 members (excludes halogenated alkanes) is 1. The van der Waals surface area contributed by atoms with Crippen LogP contribution in [0.15, 0.2) is 53.9 Å². The lowest BCUT2D eigenvalue weighted by molar-refractivity contribution is -0.161. The van der Waals surface area contributed by atoms with Crippen LogP contribution in [0, 0.1) is 17.8 Å². The summed E-state index contributed by atoms with van der Waals surface area (Å²) < 4.78 is 16.7. The van der Waals surface area contributed by atoms with Crippen molar-refractivity contribution in [3.05, 3.63) is 81.3 Å². The van der Waals surface area contributed by atoms with Crippen LogP contribution in [0.3, 0.4) is 0 Å². The number of urea groups is 2. The number of carbonyl (C=O) groups is 18. The van der Waals surface area contributed by atoms with Gasteiger partial charge in [0.2, 0.25) is 35.4 Å². The number of hydrogen-bond acceptors (Lipinski definition) is 27. The summed E-state index contributed by atoms with van der Waals surface area (Å²) in [5.41, 5.74) is 5.82. The number of aromatic hydroxyl groups is 1. The van der Waals surface area contributed by atoms with E-state index in [9.17, 15) is 112 Å². The minimum Gasteiger partial charge on any atom is -0.508 e. The molecule has 45 heteroatoms. The normalized spacial score (nSPS) is 15.2. The van der Waals surface area contributed by atoms with Gasteiger partial charge in [0.1, 0.15) is 59.3 Å². The molecule has 18 N–H and O–H groups in total. The van der Waals surface area contributed by atoms with E-state index >= 15 is 4.79 Å². The molecule has 1 aliphatic rings. The van der Waals surface area contributed by atoms with Gasteiger partial charge in [-0.2, -0.15) is 0 Å². The Kier molecular flexibility index (Phi) is 46.3. The van der Waals surface area contributed by atoms with Crippen molar-refractivity contribution in [2.75, 3.05) is 45.0 Å². The average molecular weight is 1800 g/mol. The number of aromatic nitrogens is 1. The van der Waals surface area contributed by atoms with E-state index in [0.717, 1.165) is 45.8 Å². The van der Waals surface area contributed by atoms with Gasteiger partial charge in [-0.3, -0.25) is 67.9 Å². The van der Waals surface area contributed by atoms with Gasteiger partial charge in [0.25, 0.3) is 5.91 Å². The fourth-order valence-electron chi connectivity index (χ4n) is 12.6. The Balaban J connectivity index is 1.28. The molecule has 1 unspecified atom stereocenters. The van der Waals surface area contributed by atoms with Crippen LogP contribution in [0.2, 0.25) is 0 Å². The number of phenols is 1. The molecule has 0 saturated carbocycles. The average Bonchev–Trinajstić information content (AvgIpc) is 1.29. The van der Waals surface area contributed by atoms with Gasteiger partial charge in [0, 0.05) is 74.2 Å². The molecule has 0 radical (unpaired) electrons. The molecule has 4 rings (SSSR count). The number of nitrogens with one attached hydrogen (secondary N) is 11. The van der Waals surface area contributed by atoms with Crippen LogP contribution in [0.1, 0.15) is 189 Å². The largest absolute Gasteiger partial charge is 0.508 e. The van der Waals surface area contributed by atoms with E-state index in [-0.39, 0.29) is 130 Å². The SMILES string of the molecule is CCCC(=O)OCN(C(=O)[C@@H](NC(=O)[C@H]1CCCCN1C)C(C)CC)[C@H](C[C@@H](OC(C)=O)c1nc(C(=O)N[C@@H](Cc2ccc(O)cc2)C[C@H](C)C(=O)NNC(=O)OCCSSC[C@H](NC(=O)[C@H](CC(=O)O)NC(=O)[C@H](CC(=O)O)NC(=O)Cc2ccc(CNC(=O)NCCCC[C@H](NC(=O)N[C@@H](CCCC(=O)O)C(=O)O)C(=O)O)cc2)C(=O)O)cs1)C(C)C. The quantitative estimate of drug-likeness (QED) is 0.00957. The molecule has 3 aromatic rings. The Bertz CT molecular complexity index is 4120. The fourth-order valence-corrected chi connectivity index (χ4v) is 15.5. The van der Waals surface area contributed by atoms with Gasteiger partial charge in [0.15, 0.2) is 12.8 Å². The maximum Gasteiger partial charge on any atom is 0.426 e. The number of phenolic OH excluding ortho intramolecular Hbond substituents is 1. The Morgan fingerprint density at radius 2 is 1.23 bits per heavy atom. The first-order valence-electron chi connectivity index (χ1n) is 40.2. The van der Waals surface area contributed by atoms with Gasteiger partial charge >= 0.3 is 65.9 Å². The highest BCUT2D eigenvalue weighted by Gasteiger charge is 2.41.